The van der Waals surface area contributed by atoms with Gasteiger partial charge in [0.05, 0.1) is 11.7 Å². The highest BCUT2D eigenvalue weighted by Gasteiger charge is 2.21. The van der Waals surface area contributed by atoms with Crippen molar-refractivity contribution in [2.24, 2.45) is 5.92 Å². The van der Waals surface area contributed by atoms with E-state index in [1.54, 1.807) is 12.1 Å². The fourth-order valence-electron chi connectivity index (χ4n) is 3.55. The summed E-state index contributed by atoms with van der Waals surface area (Å²) in [6.07, 6.45) is 2.44. The molecule has 2 aromatic carbocycles. The van der Waals surface area contributed by atoms with Crippen molar-refractivity contribution in [3.05, 3.63) is 58.7 Å². The van der Waals surface area contributed by atoms with E-state index in [0.29, 0.717) is 5.92 Å². The molecule has 1 aliphatic rings. The van der Waals surface area contributed by atoms with Crippen LogP contribution in [0.1, 0.15) is 52.9 Å². The van der Waals surface area contributed by atoms with Gasteiger partial charge in [0.2, 0.25) is 0 Å². The predicted molar refractivity (Wildman–Crippen MR) is 93.9 cm³/mol. The van der Waals surface area contributed by atoms with Gasteiger partial charge in [-0.25, -0.2) is 0 Å². The molecule has 2 aromatic rings. The largest absolute Gasteiger partial charge is 0.373 e. The molecule has 2 nitrogen and oxygen atoms in total. The van der Waals surface area contributed by atoms with Gasteiger partial charge in [0, 0.05) is 6.61 Å². The third-order valence-corrected chi connectivity index (χ3v) is 4.83. The lowest BCUT2D eigenvalue weighted by molar-refractivity contribution is -0.0124. The third kappa shape index (κ3) is 3.41. The van der Waals surface area contributed by atoms with Crippen molar-refractivity contribution in [2.75, 3.05) is 6.61 Å². The molecule has 2 unspecified atom stereocenters. The Labute approximate surface area is 142 Å². The van der Waals surface area contributed by atoms with Gasteiger partial charge in [0.25, 0.3) is 0 Å². The van der Waals surface area contributed by atoms with Crippen LogP contribution < -0.4 is 0 Å². The summed E-state index contributed by atoms with van der Waals surface area (Å²) in [7, 11) is 0. The number of aryl methyl sites for hydroxylation is 2. The van der Waals surface area contributed by atoms with Crippen LogP contribution in [0.3, 0.4) is 0 Å². The van der Waals surface area contributed by atoms with Gasteiger partial charge in [0.15, 0.2) is 0 Å². The van der Waals surface area contributed by atoms with Crippen molar-refractivity contribution >= 4 is 6.04 Å². The van der Waals surface area contributed by atoms with Gasteiger partial charge in [0.1, 0.15) is 0 Å². The second-order valence-electron chi connectivity index (χ2n) is 6.89. The van der Waals surface area contributed by atoms with E-state index in [0.717, 1.165) is 24.2 Å². The zero-order chi connectivity index (χ0) is 17.3. The minimum Gasteiger partial charge on any atom is -0.373 e. The lowest BCUT2D eigenvalue weighted by Crippen LogP contribution is -2.18. The van der Waals surface area contributed by atoms with Crippen LogP contribution in [0.15, 0.2) is 36.4 Å². The van der Waals surface area contributed by atoms with Gasteiger partial charge in [-0.2, -0.15) is 4.39 Å². The number of benzene rings is 2. The smallest absolute Gasteiger partial charge is 0.332 e. The van der Waals surface area contributed by atoms with Crippen molar-refractivity contribution in [2.45, 2.75) is 39.7 Å². The van der Waals surface area contributed by atoms with Crippen LogP contribution in [0.25, 0.3) is 11.1 Å². The molecule has 126 valence electrons. The van der Waals surface area contributed by atoms with Crippen LogP contribution in [-0.2, 0) is 4.74 Å². The predicted octanol–water partition coefficient (Wildman–Crippen LogP) is 5.57. The molecule has 0 saturated carbocycles. The van der Waals surface area contributed by atoms with Crippen molar-refractivity contribution in [3.8, 4) is 11.1 Å². The van der Waals surface area contributed by atoms with Gasteiger partial charge in [-0.3, -0.25) is 4.79 Å². The van der Waals surface area contributed by atoms with E-state index >= 15 is 0 Å². The molecular weight excluding hydrogens is 303 g/mol. The van der Waals surface area contributed by atoms with E-state index in [4.69, 9.17) is 4.74 Å². The number of ether oxygens (including phenoxy) is 1. The van der Waals surface area contributed by atoms with Gasteiger partial charge in [-0.05, 0) is 72.6 Å². The maximum absolute atomic E-state index is 12.8. The molecule has 1 saturated heterocycles. The Kier molecular flexibility index (Phi) is 4.81. The summed E-state index contributed by atoms with van der Waals surface area (Å²) in [5, 5.41) is 0. The molecule has 24 heavy (non-hydrogen) atoms. The molecule has 0 spiro atoms. The number of hydrogen-bond acceptors (Lipinski definition) is 2. The fraction of sp³-hybridized carbons (Fsp3) is 0.381. The van der Waals surface area contributed by atoms with Crippen molar-refractivity contribution in [3.63, 3.8) is 0 Å². The number of carbonyl (C=O) groups is 1. The van der Waals surface area contributed by atoms with Crippen LogP contribution in [0, 0.1) is 19.8 Å². The number of hydrogen-bond donors (Lipinski definition) is 0. The zero-order valence-corrected chi connectivity index (χ0v) is 14.4. The maximum atomic E-state index is 12.8. The normalized spacial score (nSPS) is 20.8. The maximum Gasteiger partial charge on any atom is 0.332 e. The van der Waals surface area contributed by atoms with Crippen LogP contribution in [0.4, 0.5) is 4.39 Å². The minimum atomic E-state index is -1.39. The van der Waals surface area contributed by atoms with Gasteiger partial charge in [-0.1, -0.05) is 31.2 Å². The number of carbonyl (C=O) groups excluding carboxylic acids is 1. The van der Waals surface area contributed by atoms with E-state index in [2.05, 4.69) is 32.9 Å². The molecule has 0 radical (unpaired) electrons. The van der Waals surface area contributed by atoms with Gasteiger partial charge >= 0.3 is 6.04 Å². The van der Waals surface area contributed by atoms with Crippen LogP contribution in [-0.4, -0.2) is 12.6 Å². The lowest BCUT2D eigenvalue weighted by atomic mass is 9.89. The first-order valence-electron chi connectivity index (χ1n) is 8.48. The van der Waals surface area contributed by atoms with Crippen molar-refractivity contribution in [1.82, 2.24) is 0 Å². The van der Waals surface area contributed by atoms with Crippen LogP contribution in [0.5, 0.6) is 0 Å². The molecule has 2 atom stereocenters. The quantitative estimate of drug-likeness (QED) is 0.689. The standard InChI is InChI=1S/C21H23FO2/c1-13-4-9-19(24-12-13)18-10-14(2)20(15(3)11-18)16-5-7-17(8-6-16)21(22)23/h5-8,10-11,13,19H,4,9,12H2,1-3H3. The van der Waals surface area contributed by atoms with Crippen molar-refractivity contribution in [1.29, 1.82) is 0 Å². The third-order valence-electron chi connectivity index (χ3n) is 4.83. The minimum absolute atomic E-state index is 0.0930. The summed E-state index contributed by atoms with van der Waals surface area (Å²) >= 11 is 0. The fourth-order valence-corrected chi connectivity index (χ4v) is 3.55. The highest BCUT2D eigenvalue weighted by atomic mass is 19.1. The average molecular weight is 326 g/mol. The lowest BCUT2D eigenvalue weighted by Gasteiger charge is -2.28. The Balaban J connectivity index is 1.91. The molecule has 1 aliphatic heterocycles. The van der Waals surface area contributed by atoms with E-state index in [1.165, 1.54) is 35.2 Å². The molecule has 0 amide bonds. The summed E-state index contributed by atoms with van der Waals surface area (Å²) < 4.78 is 18.8. The van der Waals surface area contributed by atoms with E-state index in [1.807, 2.05) is 0 Å². The molecular formula is C21H23FO2. The van der Waals surface area contributed by atoms with Crippen LogP contribution in [0.2, 0.25) is 0 Å². The van der Waals surface area contributed by atoms with Gasteiger partial charge < -0.3 is 4.74 Å². The summed E-state index contributed by atoms with van der Waals surface area (Å²) in [5.74, 6) is 0.638. The van der Waals surface area contributed by atoms with Crippen LogP contribution >= 0.6 is 0 Å². The molecule has 3 heteroatoms. The Morgan fingerprint density at radius 3 is 2.21 bits per heavy atom. The Morgan fingerprint density at radius 2 is 1.71 bits per heavy atom. The second-order valence-corrected chi connectivity index (χ2v) is 6.89. The Morgan fingerprint density at radius 1 is 1.08 bits per heavy atom. The summed E-state index contributed by atoms with van der Waals surface area (Å²) in [6.45, 7) is 7.22. The Hall–Kier alpha value is -2.00. The highest BCUT2D eigenvalue weighted by Crippen LogP contribution is 2.35. The van der Waals surface area contributed by atoms with Gasteiger partial charge in [-0.15, -0.1) is 0 Å². The van der Waals surface area contributed by atoms with E-state index < -0.39 is 6.04 Å². The number of halogens is 1. The average Bonchev–Trinajstić information content (AvgIpc) is 2.55. The summed E-state index contributed by atoms with van der Waals surface area (Å²) in [4.78, 5) is 10.8. The topological polar surface area (TPSA) is 26.3 Å². The summed E-state index contributed by atoms with van der Waals surface area (Å²) in [5.41, 5.74) is 5.81. The first-order valence-corrected chi connectivity index (χ1v) is 8.48. The molecule has 0 bridgehead atoms. The number of rotatable bonds is 3. The SMILES string of the molecule is Cc1cc(C2CCC(C)CO2)cc(C)c1-c1ccc(C(=O)F)cc1. The van der Waals surface area contributed by atoms with E-state index in [-0.39, 0.29) is 11.7 Å². The molecule has 1 fully saturated rings. The first-order chi connectivity index (χ1) is 11.5. The zero-order valence-electron chi connectivity index (χ0n) is 14.4. The molecule has 0 aromatic heterocycles. The second kappa shape index (κ2) is 6.86. The van der Waals surface area contributed by atoms with Crippen molar-refractivity contribution < 1.29 is 13.9 Å². The monoisotopic (exact) mass is 326 g/mol. The molecule has 3 rings (SSSR count). The molecule has 0 aliphatic carbocycles. The Bertz CT molecular complexity index is 718. The highest BCUT2D eigenvalue weighted by molar-refractivity contribution is 5.89. The molecule has 0 N–H and O–H groups in total. The molecule has 1 heterocycles. The first kappa shape index (κ1) is 16.8. The summed E-state index contributed by atoms with van der Waals surface area (Å²) in [6, 6.07) is 9.68. The van der Waals surface area contributed by atoms with E-state index in [9.17, 15) is 9.18 Å².